The first-order valence-corrected chi connectivity index (χ1v) is 9.29. The molecule has 0 atom stereocenters. The number of carboxylic acid groups (broad SMARTS) is 1. The lowest BCUT2D eigenvalue weighted by molar-refractivity contribution is -0.130. The highest BCUT2D eigenvalue weighted by Gasteiger charge is 2.36. The van der Waals surface area contributed by atoms with Gasteiger partial charge in [-0.2, -0.15) is 0 Å². The summed E-state index contributed by atoms with van der Waals surface area (Å²) in [6.45, 7) is 4.39. The minimum absolute atomic E-state index is 0.0686. The van der Waals surface area contributed by atoms with Crippen LogP contribution in [0.5, 0.6) is 0 Å². The summed E-state index contributed by atoms with van der Waals surface area (Å²) in [4.78, 5) is 29.9. The molecule has 0 fully saturated rings. The maximum atomic E-state index is 13.1. The van der Waals surface area contributed by atoms with Crippen molar-refractivity contribution in [1.82, 2.24) is 9.88 Å². The van der Waals surface area contributed by atoms with Crippen LogP contribution in [0.1, 0.15) is 35.5 Å². The Hall–Kier alpha value is -3.05. The van der Waals surface area contributed by atoms with Crippen molar-refractivity contribution < 1.29 is 14.7 Å². The third kappa shape index (κ3) is 2.98. The number of hydrogen-bond acceptors (Lipinski definition) is 2. The van der Waals surface area contributed by atoms with Crippen molar-refractivity contribution in [2.75, 3.05) is 6.54 Å². The number of fused-ring (bicyclic) bond motifs is 3. The number of para-hydroxylation sites is 1. The monoisotopic (exact) mass is 394 g/mol. The topological polar surface area (TPSA) is 73.4 Å². The number of nitrogens with one attached hydrogen (secondary N) is 1. The quantitative estimate of drug-likeness (QED) is 0.662. The van der Waals surface area contributed by atoms with E-state index in [0.717, 1.165) is 16.5 Å². The maximum absolute atomic E-state index is 13.1. The van der Waals surface area contributed by atoms with Crippen molar-refractivity contribution in [3.05, 3.63) is 76.6 Å². The number of carbonyl (C=O) groups excluding carboxylic acids is 1. The standard InChI is InChI=1S/C22H19ClN2O3/c1-22(2)12-25(20(26)13-7-9-14(23)10-8-13)11-16(21(27)28)19-18(22)15-5-3-4-6-17(15)24-19/h3-11,24H,12H2,1-2H3,(H,27,28). The van der Waals surface area contributed by atoms with Gasteiger partial charge in [0, 0.05) is 39.6 Å². The van der Waals surface area contributed by atoms with Gasteiger partial charge >= 0.3 is 5.97 Å². The molecular weight excluding hydrogens is 376 g/mol. The van der Waals surface area contributed by atoms with Crippen molar-refractivity contribution in [2.45, 2.75) is 19.3 Å². The Morgan fingerprint density at radius 3 is 2.46 bits per heavy atom. The molecule has 0 bridgehead atoms. The average molecular weight is 395 g/mol. The van der Waals surface area contributed by atoms with E-state index in [2.05, 4.69) is 4.98 Å². The van der Waals surface area contributed by atoms with E-state index in [1.807, 2.05) is 38.1 Å². The highest BCUT2D eigenvalue weighted by Crippen LogP contribution is 2.40. The molecule has 6 heteroatoms. The number of amides is 1. The SMILES string of the molecule is CC1(C)CN(C(=O)c2ccc(Cl)cc2)C=C(C(=O)O)c2[nH]c3ccccc3c21. The molecule has 0 saturated heterocycles. The van der Waals surface area contributed by atoms with Gasteiger partial charge in [0.25, 0.3) is 5.91 Å². The number of aromatic amines is 1. The molecule has 1 aromatic heterocycles. The average Bonchev–Trinajstić information content (AvgIpc) is 2.99. The molecule has 2 N–H and O–H groups in total. The van der Waals surface area contributed by atoms with Crippen LogP contribution in [0.2, 0.25) is 5.02 Å². The molecular formula is C22H19ClN2O3. The number of nitrogens with zero attached hydrogens (tertiary/aromatic N) is 1. The molecule has 0 saturated carbocycles. The van der Waals surface area contributed by atoms with E-state index in [1.54, 1.807) is 24.3 Å². The Bertz CT molecular complexity index is 1130. The first-order chi connectivity index (χ1) is 13.3. The highest BCUT2D eigenvalue weighted by molar-refractivity contribution is 6.30. The number of aliphatic carboxylic acids is 1. The van der Waals surface area contributed by atoms with Crippen molar-refractivity contribution in [3.8, 4) is 0 Å². The molecule has 1 aliphatic heterocycles. The van der Waals surface area contributed by atoms with Crippen LogP contribution in [-0.4, -0.2) is 33.4 Å². The molecule has 3 aromatic rings. The van der Waals surface area contributed by atoms with Gasteiger partial charge < -0.3 is 15.0 Å². The van der Waals surface area contributed by atoms with Gasteiger partial charge in [-0.05, 0) is 35.9 Å². The normalized spacial score (nSPS) is 15.7. The van der Waals surface area contributed by atoms with E-state index in [0.29, 0.717) is 22.8 Å². The van der Waals surface area contributed by atoms with Crippen LogP contribution in [0.15, 0.2) is 54.7 Å². The Morgan fingerprint density at radius 1 is 1.11 bits per heavy atom. The van der Waals surface area contributed by atoms with E-state index in [1.165, 1.54) is 11.1 Å². The largest absolute Gasteiger partial charge is 0.478 e. The maximum Gasteiger partial charge on any atom is 0.339 e. The van der Waals surface area contributed by atoms with Gasteiger partial charge in [0.1, 0.15) is 0 Å². The number of carboxylic acids is 1. The summed E-state index contributed by atoms with van der Waals surface area (Å²) in [7, 11) is 0. The Kier molecular flexibility index (Phi) is 4.27. The van der Waals surface area contributed by atoms with Crippen molar-refractivity contribution in [3.63, 3.8) is 0 Å². The van der Waals surface area contributed by atoms with Gasteiger partial charge in [0.15, 0.2) is 0 Å². The van der Waals surface area contributed by atoms with Crippen LogP contribution < -0.4 is 0 Å². The zero-order chi connectivity index (χ0) is 20.1. The Balaban J connectivity index is 1.89. The molecule has 0 aliphatic carbocycles. The number of aromatic nitrogens is 1. The second-order valence-corrected chi connectivity index (χ2v) is 8.03. The van der Waals surface area contributed by atoms with Gasteiger partial charge in [0.2, 0.25) is 0 Å². The van der Waals surface area contributed by atoms with Gasteiger partial charge in [-0.3, -0.25) is 4.79 Å². The predicted molar refractivity (Wildman–Crippen MR) is 109 cm³/mol. The second-order valence-electron chi connectivity index (χ2n) is 7.59. The molecule has 1 aliphatic rings. The van der Waals surface area contributed by atoms with Crippen molar-refractivity contribution in [2.24, 2.45) is 0 Å². The summed E-state index contributed by atoms with van der Waals surface area (Å²) in [5.74, 6) is -1.35. The number of halogens is 1. The number of rotatable bonds is 2. The zero-order valence-corrected chi connectivity index (χ0v) is 16.2. The molecule has 0 radical (unpaired) electrons. The van der Waals surface area contributed by atoms with Crippen LogP contribution in [0.4, 0.5) is 0 Å². The lowest BCUT2D eigenvalue weighted by Gasteiger charge is -2.29. The summed E-state index contributed by atoms with van der Waals surface area (Å²) >= 11 is 5.92. The summed E-state index contributed by atoms with van der Waals surface area (Å²) < 4.78 is 0. The van der Waals surface area contributed by atoms with E-state index < -0.39 is 11.4 Å². The lowest BCUT2D eigenvalue weighted by Crippen LogP contribution is -2.36. The minimum atomic E-state index is -1.08. The predicted octanol–water partition coefficient (Wildman–Crippen LogP) is 4.68. The second kappa shape index (κ2) is 6.53. The van der Waals surface area contributed by atoms with Crippen LogP contribution in [0.25, 0.3) is 16.5 Å². The number of carbonyl (C=O) groups is 2. The van der Waals surface area contributed by atoms with E-state index >= 15 is 0 Å². The van der Waals surface area contributed by atoms with Crippen LogP contribution in [-0.2, 0) is 10.2 Å². The molecule has 0 spiro atoms. The van der Waals surface area contributed by atoms with Gasteiger partial charge in [-0.25, -0.2) is 4.79 Å². The zero-order valence-electron chi connectivity index (χ0n) is 15.5. The van der Waals surface area contributed by atoms with Crippen LogP contribution in [0, 0.1) is 0 Å². The van der Waals surface area contributed by atoms with E-state index in [4.69, 9.17) is 11.6 Å². The fourth-order valence-electron chi connectivity index (χ4n) is 3.87. The first kappa shape index (κ1) is 18.3. The van der Waals surface area contributed by atoms with Crippen LogP contribution in [0.3, 0.4) is 0 Å². The Labute approximate surface area is 167 Å². The van der Waals surface area contributed by atoms with Crippen molar-refractivity contribution >= 4 is 40.0 Å². The molecule has 5 nitrogen and oxygen atoms in total. The lowest BCUT2D eigenvalue weighted by atomic mass is 9.81. The van der Waals surface area contributed by atoms with Crippen molar-refractivity contribution in [1.29, 1.82) is 0 Å². The third-order valence-electron chi connectivity index (χ3n) is 5.09. The summed E-state index contributed by atoms with van der Waals surface area (Å²) in [5.41, 5.74) is 2.39. The number of H-pyrrole nitrogens is 1. The summed E-state index contributed by atoms with van der Waals surface area (Å²) in [6.07, 6.45) is 1.43. The van der Waals surface area contributed by atoms with Gasteiger partial charge in [-0.15, -0.1) is 0 Å². The van der Waals surface area contributed by atoms with Gasteiger partial charge in [-0.1, -0.05) is 43.6 Å². The fourth-order valence-corrected chi connectivity index (χ4v) is 3.99. The smallest absolute Gasteiger partial charge is 0.339 e. The molecule has 142 valence electrons. The number of benzene rings is 2. The highest BCUT2D eigenvalue weighted by atomic mass is 35.5. The molecule has 1 amide bonds. The molecule has 2 aromatic carbocycles. The van der Waals surface area contributed by atoms with E-state index in [-0.39, 0.29) is 11.5 Å². The molecule has 2 heterocycles. The molecule has 0 unspecified atom stereocenters. The van der Waals surface area contributed by atoms with Gasteiger partial charge in [0.05, 0.1) is 11.3 Å². The van der Waals surface area contributed by atoms with Crippen LogP contribution >= 0.6 is 11.6 Å². The first-order valence-electron chi connectivity index (χ1n) is 8.91. The minimum Gasteiger partial charge on any atom is -0.478 e. The molecule has 4 rings (SSSR count). The molecule has 28 heavy (non-hydrogen) atoms. The fraction of sp³-hybridized carbons (Fsp3) is 0.182. The van der Waals surface area contributed by atoms with E-state index in [9.17, 15) is 14.7 Å². The Morgan fingerprint density at radius 2 is 1.79 bits per heavy atom. The number of hydrogen-bond donors (Lipinski definition) is 2. The summed E-state index contributed by atoms with van der Waals surface area (Å²) in [6, 6.07) is 14.3. The summed E-state index contributed by atoms with van der Waals surface area (Å²) in [5, 5.41) is 11.4. The third-order valence-corrected chi connectivity index (χ3v) is 5.34.